The number of hydrogen-bond donors (Lipinski definition) is 1. The zero-order valence-electron chi connectivity index (χ0n) is 13.9. The van der Waals surface area contributed by atoms with Crippen molar-refractivity contribution in [2.45, 2.75) is 13.2 Å². The fourth-order valence-electron chi connectivity index (χ4n) is 2.46. The minimum absolute atomic E-state index is 0.0655. The molecule has 0 saturated heterocycles. The van der Waals surface area contributed by atoms with Crippen molar-refractivity contribution in [3.8, 4) is 0 Å². The summed E-state index contributed by atoms with van der Waals surface area (Å²) in [6, 6.07) is 8.04. The topological polar surface area (TPSA) is 77.8 Å². The van der Waals surface area contributed by atoms with Gasteiger partial charge in [0.1, 0.15) is 16.5 Å². The van der Waals surface area contributed by atoms with E-state index in [1.165, 1.54) is 19.4 Å². The molecule has 0 fully saturated rings. The Balaban J connectivity index is 1.68. The first-order valence-electron chi connectivity index (χ1n) is 7.75. The van der Waals surface area contributed by atoms with E-state index in [0.29, 0.717) is 21.4 Å². The number of rotatable bonds is 7. The Labute approximate surface area is 152 Å². The fraction of sp³-hybridized carbons (Fsp3) is 0.222. The average Bonchev–Trinajstić information content (AvgIpc) is 3.27. The van der Waals surface area contributed by atoms with Crippen molar-refractivity contribution in [1.29, 1.82) is 0 Å². The van der Waals surface area contributed by atoms with Crippen molar-refractivity contribution in [2.24, 2.45) is 0 Å². The molecule has 0 aliphatic carbocycles. The van der Waals surface area contributed by atoms with E-state index in [1.807, 2.05) is 0 Å². The Hall–Kier alpha value is -2.71. The summed E-state index contributed by atoms with van der Waals surface area (Å²) >= 11 is 1.11. The summed E-state index contributed by atoms with van der Waals surface area (Å²) < 4.78 is 30.0. The van der Waals surface area contributed by atoms with Crippen LogP contribution in [-0.2, 0) is 27.4 Å². The predicted molar refractivity (Wildman–Crippen MR) is 93.3 cm³/mol. The van der Waals surface area contributed by atoms with Crippen LogP contribution in [0.25, 0.3) is 10.1 Å². The molecule has 6 nitrogen and oxygen atoms in total. The van der Waals surface area contributed by atoms with Crippen molar-refractivity contribution in [1.82, 2.24) is 5.32 Å². The molecule has 26 heavy (non-hydrogen) atoms. The van der Waals surface area contributed by atoms with Crippen LogP contribution in [0.3, 0.4) is 0 Å². The normalized spacial score (nSPS) is 10.8. The lowest BCUT2D eigenvalue weighted by Gasteiger charge is -2.06. The Morgan fingerprint density at radius 1 is 1.27 bits per heavy atom. The van der Waals surface area contributed by atoms with Crippen LogP contribution in [-0.4, -0.2) is 25.6 Å². The van der Waals surface area contributed by atoms with Crippen LogP contribution in [0.5, 0.6) is 0 Å². The smallest absolute Gasteiger partial charge is 0.349 e. The van der Waals surface area contributed by atoms with Crippen LogP contribution >= 0.6 is 11.3 Å². The molecule has 0 saturated carbocycles. The average molecular weight is 377 g/mol. The molecule has 8 heteroatoms. The van der Waals surface area contributed by atoms with E-state index in [2.05, 4.69) is 5.32 Å². The summed E-state index contributed by atoms with van der Waals surface area (Å²) in [5.74, 6) is -0.991. The van der Waals surface area contributed by atoms with Crippen molar-refractivity contribution in [3.63, 3.8) is 0 Å². The second kappa shape index (κ2) is 8.11. The third kappa shape index (κ3) is 3.92. The van der Waals surface area contributed by atoms with Crippen LogP contribution in [0.1, 0.15) is 21.0 Å². The van der Waals surface area contributed by atoms with Gasteiger partial charge in [-0.25, -0.2) is 9.18 Å². The third-order valence-electron chi connectivity index (χ3n) is 3.61. The number of hydrogen-bond acceptors (Lipinski definition) is 6. The number of thiophene rings is 1. The first-order valence-corrected chi connectivity index (χ1v) is 8.57. The highest BCUT2D eigenvalue weighted by atomic mass is 32.1. The van der Waals surface area contributed by atoms with Gasteiger partial charge in [0.25, 0.3) is 5.91 Å². The van der Waals surface area contributed by atoms with Gasteiger partial charge in [-0.15, -0.1) is 11.3 Å². The zero-order valence-corrected chi connectivity index (χ0v) is 14.7. The monoisotopic (exact) mass is 377 g/mol. The van der Waals surface area contributed by atoms with E-state index < -0.39 is 24.3 Å². The maximum atomic E-state index is 14.1. The van der Waals surface area contributed by atoms with Crippen LogP contribution in [0.15, 0.2) is 41.0 Å². The Morgan fingerprint density at radius 2 is 2.12 bits per heavy atom. The van der Waals surface area contributed by atoms with E-state index in [9.17, 15) is 14.0 Å². The van der Waals surface area contributed by atoms with E-state index in [0.717, 1.165) is 11.3 Å². The lowest BCUT2D eigenvalue weighted by Crippen LogP contribution is -2.28. The van der Waals surface area contributed by atoms with Gasteiger partial charge in [-0.1, -0.05) is 6.07 Å². The molecule has 0 atom stereocenters. The highest BCUT2D eigenvalue weighted by Gasteiger charge is 2.22. The molecular weight excluding hydrogens is 361 g/mol. The van der Waals surface area contributed by atoms with Gasteiger partial charge in [0.05, 0.1) is 19.4 Å². The molecule has 0 spiro atoms. The van der Waals surface area contributed by atoms with Crippen LogP contribution in [0.4, 0.5) is 4.39 Å². The number of ether oxygens (including phenoxy) is 2. The van der Waals surface area contributed by atoms with Gasteiger partial charge in [0, 0.05) is 22.8 Å². The fourth-order valence-corrected chi connectivity index (χ4v) is 3.58. The van der Waals surface area contributed by atoms with E-state index in [1.54, 1.807) is 24.3 Å². The zero-order chi connectivity index (χ0) is 18.5. The standard InChI is InChI=1S/C18H16FNO5S/c1-23-9-12-16-13(19)5-2-6-14(16)26-17(12)18(22)25-10-15(21)20-8-11-4-3-7-24-11/h2-7H,8-10H2,1H3,(H,20,21). The largest absolute Gasteiger partial charge is 0.467 e. The maximum absolute atomic E-state index is 14.1. The number of nitrogens with one attached hydrogen (secondary N) is 1. The molecule has 2 heterocycles. The second-order valence-electron chi connectivity index (χ2n) is 5.39. The van der Waals surface area contributed by atoms with Gasteiger partial charge in [-0.3, -0.25) is 4.79 Å². The van der Waals surface area contributed by atoms with Gasteiger partial charge in [-0.05, 0) is 24.3 Å². The molecule has 0 bridgehead atoms. The molecule has 1 N–H and O–H groups in total. The molecule has 0 aliphatic rings. The summed E-state index contributed by atoms with van der Waals surface area (Å²) in [7, 11) is 1.46. The second-order valence-corrected chi connectivity index (χ2v) is 6.44. The minimum atomic E-state index is -0.689. The van der Waals surface area contributed by atoms with Crippen molar-refractivity contribution < 1.29 is 27.9 Å². The minimum Gasteiger partial charge on any atom is -0.467 e. The van der Waals surface area contributed by atoms with Crippen molar-refractivity contribution in [2.75, 3.05) is 13.7 Å². The van der Waals surface area contributed by atoms with E-state index in [-0.39, 0.29) is 18.0 Å². The van der Waals surface area contributed by atoms with Crippen molar-refractivity contribution >= 4 is 33.3 Å². The lowest BCUT2D eigenvalue weighted by atomic mass is 10.1. The summed E-state index contributed by atoms with van der Waals surface area (Å²) in [5.41, 5.74) is 0.423. The molecule has 136 valence electrons. The molecule has 1 amide bonds. The lowest BCUT2D eigenvalue weighted by molar-refractivity contribution is -0.124. The Morgan fingerprint density at radius 3 is 2.85 bits per heavy atom. The molecular formula is C18H16FNO5S. The maximum Gasteiger partial charge on any atom is 0.349 e. The first kappa shape index (κ1) is 18.1. The first-order chi connectivity index (χ1) is 12.6. The summed E-state index contributed by atoms with van der Waals surface area (Å²) in [6.07, 6.45) is 1.50. The van der Waals surface area contributed by atoms with Gasteiger partial charge >= 0.3 is 5.97 Å². The third-order valence-corrected chi connectivity index (χ3v) is 4.79. The molecule has 3 aromatic rings. The number of methoxy groups -OCH3 is 1. The van der Waals surface area contributed by atoms with E-state index in [4.69, 9.17) is 13.9 Å². The summed E-state index contributed by atoms with van der Waals surface area (Å²) in [5, 5.41) is 2.92. The molecule has 0 unspecified atom stereocenters. The quantitative estimate of drug-likeness (QED) is 0.640. The predicted octanol–water partition coefficient (Wildman–Crippen LogP) is 3.25. The molecule has 0 aliphatic heterocycles. The Kier molecular flexibility index (Phi) is 5.65. The molecule has 2 aromatic heterocycles. The number of carbonyl (C=O) groups excluding carboxylic acids is 2. The van der Waals surface area contributed by atoms with Crippen LogP contribution < -0.4 is 5.32 Å². The van der Waals surface area contributed by atoms with Crippen LogP contribution in [0, 0.1) is 5.82 Å². The molecule has 1 aromatic carbocycles. The molecule has 3 rings (SSSR count). The van der Waals surface area contributed by atoms with Crippen molar-refractivity contribution in [3.05, 3.63) is 58.6 Å². The number of carbonyl (C=O) groups is 2. The SMILES string of the molecule is COCc1c(C(=O)OCC(=O)NCc2ccco2)sc2cccc(F)c12. The van der Waals surface area contributed by atoms with Gasteiger partial charge in [0.2, 0.25) is 0 Å². The number of benzene rings is 1. The number of esters is 1. The van der Waals surface area contributed by atoms with E-state index >= 15 is 0 Å². The number of fused-ring (bicyclic) bond motifs is 1. The Bertz CT molecular complexity index is 919. The molecule has 0 radical (unpaired) electrons. The van der Waals surface area contributed by atoms with Gasteiger partial charge < -0.3 is 19.2 Å². The summed E-state index contributed by atoms with van der Waals surface area (Å²) in [6.45, 7) is -0.175. The summed E-state index contributed by atoms with van der Waals surface area (Å²) in [4.78, 5) is 24.4. The highest BCUT2D eigenvalue weighted by Crippen LogP contribution is 2.34. The van der Waals surface area contributed by atoms with Gasteiger partial charge in [0.15, 0.2) is 6.61 Å². The highest BCUT2D eigenvalue weighted by molar-refractivity contribution is 7.21. The number of amides is 1. The van der Waals surface area contributed by atoms with Crippen LogP contribution in [0.2, 0.25) is 0 Å². The van der Waals surface area contributed by atoms with Gasteiger partial charge in [-0.2, -0.15) is 0 Å². The number of furan rings is 1. The number of halogens is 1.